The van der Waals surface area contributed by atoms with Crippen LogP contribution in [0, 0.1) is 0 Å². The zero-order valence-electron chi connectivity index (χ0n) is 12.8. The Morgan fingerprint density at radius 2 is 2.00 bits per heavy atom. The van der Waals surface area contributed by atoms with E-state index in [2.05, 4.69) is 13.8 Å². The zero-order valence-corrected chi connectivity index (χ0v) is 12.8. The highest BCUT2D eigenvalue weighted by molar-refractivity contribution is 5.86. The highest BCUT2D eigenvalue weighted by Gasteiger charge is 2.47. The number of aliphatic carboxylic acids is 1. The van der Waals surface area contributed by atoms with Crippen LogP contribution in [-0.4, -0.2) is 51.1 Å². The lowest BCUT2D eigenvalue weighted by Gasteiger charge is -2.45. The first-order valence-electron chi connectivity index (χ1n) is 7.75. The molecule has 2 fully saturated rings. The molecule has 5 heteroatoms. The Balaban J connectivity index is 2.24. The van der Waals surface area contributed by atoms with Gasteiger partial charge in [0.1, 0.15) is 5.54 Å². The van der Waals surface area contributed by atoms with Gasteiger partial charge in [-0.05, 0) is 52.4 Å². The van der Waals surface area contributed by atoms with Gasteiger partial charge in [0.05, 0.1) is 0 Å². The number of carboxylic acid groups (broad SMARTS) is 1. The molecule has 2 aliphatic heterocycles. The predicted molar refractivity (Wildman–Crippen MR) is 76.6 cm³/mol. The molecule has 2 saturated heterocycles. The van der Waals surface area contributed by atoms with E-state index in [1.54, 1.807) is 11.8 Å². The Labute approximate surface area is 120 Å². The maximum absolute atomic E-state index is 12.9. The molecule has 0 aromatic rings. The van der Waals surface area contributed by atoms with Crippen molar-refractivity contribution < 1.29 is 14.7 Å². The standard InChI is InChI=1S/C15H26N2O3/c1-4-12-8-7-11(2)17(12)14(20)16-10-6-5-9-15(16,3)13(18)19/h11-12H,4-10H2,1-3H3,(H,18,19). The van der Waals surface area contributed by atoms with Crippen molar-refractivity contribution >= 4 is 12.0 Å². The van der Waals surface area contributed by atoms with Gasteiger partial charge in [-0.1, -0.05) is 6.92 Å². The van der Waals surface area contributed by atoms with E-state index in [-0.39, 0.29) is 18.1 Å². The van der Waals surface area contributed by atoms with Gasteiger partial charge in [0.25, 0.3) is 0 Å². The van der Waals surface area contributed by atoms with E-state index in [0.29, 0.717) is 13.0 Å². The lowest BCUT2D eigenvalue weighted by atomic mass is 9.88. The van der Waals surface area contributed by atoms with Crippen LogP contribution in [0.3, 0.4) is 0 Å². The van der Waals surface area contributed by atoms with Crippen LogP contribution in [0.5, 0.6) is 0 Å². The number of rotatable bonds is 2. The molecule has 0 bridgehead atoms. The lowest BCUT2D eigenvalue weighted by Crippen LogP contribution is -2.61. The lowest BCUT2D eigenvalue weighted by molar-refractivity contribution is -0.151. The van der Waals surface area contributed by atoms with Crippen molar-refractivity contribution in [1.82, 2.24) is 9.80 Å². The van der Waals surface area contributed by atoms with E-state index >= 15 is 0 Å². The fourth-order valence-corrected chi connectivity index (χ4v) is 3.61. The molecule has 2 rings (SSSR count). The fraction of sp³-hybridized carbons (Fsp3) is 0.867. The van der Waals surface area contributed by atoms with Crippen LogP contribution < -0.4 is 0 Å². The summed E-state index contributed by atoms with van der Waals surface area (Å²) in [4.78, 5) is 28.0. The van der Waals surface area contributed by atoms with E-state index in [1.807, 2.05) is 4.90 Å². The molecule has 3 unspecified atom stereocenters. The molecule has 114 valence electrons. The van der Waals surface area contributed by atoms with E-state index in [0.717, 1.165) is 32.1 Å². The molecule has 5 nitrogen and oxygen atoms in total. The van der Waals surface area contributed by atoms with Crippen LogP contribution in [0.4, 0.5) is 4.79 Å². The van der Waals surface area contributed by atoms with Crippen LogP contribution in [-0.2, 0) is 4.79 Å². The number of piperidine rings is 1. The Hall–Kier alpha value is -1.26. The van der Waals surface area contributed by atoms with Crippen molar-refractivity contribution in [3.63, 3.8) is 0 Å². The second kappa shape index (κ2) is 5.62. The normalized spacial score (nSPS) is 34.4. The Morgan fingerprint density at radius 1 is 1.30 bits per heavy atom. The fourth-order valence-electron chi connectivity index (χ4n) is 3.61. The zero-order chi connectivity index (χ0) is 14.9. The summed E-state index contributed by atoms with van der Waals surface area (Å²) in [5.74, 6) is -0.884. The van der Waals surface area contributed by atoms with Gasteiger partial charge in [0.2, 0.25) is 0 Å². The molecule has 0 radical (unpaired) electrons. The molecule has 0 saturated carbocycles. The summed E-state index contributed by atoms with van der Waals surface area (Å²) in [6.45, 7) is 6.40. The van der Waals surface area contributed by atoms with Gasteiger partial charge < -0.3 is 14.9 Å². The average Bonchev–Trinajstić information content (AvgIpc) is 2.79. The molecule has 20 heavy (non-hydrogen) atoms. The molecule has 0 spiro atoms. The number of hydrogen-bond donors (Lipinski definition) is 1. The summed E-state index contributed by atoms with van der Waals surface area (Å²) in [5, 5.41) is 9.54. The third-order valence-corrected chi connectivity index (χ3v) is 5.06. The molecule has 1 N–H and O–H groups in total. The molecule has 0 aliphatic carbocycles. The number of hydrogen-bond acceptors (Lipinski definition) is 2. The van der Waals surface area contributed by atoms with Crippen LogP contribution in [0.2, 0.25) is 0 Å². The first-order valence-corrected chi connectivity index (χ1v) is 7.75. The highest BCUT2D eigenvalue weighted by Crippen LogP contribution is 2.33. The SMILES string of the molecule is CCC1CCC(C)N1C(=O)N1CCCCC1(C)C(=O)O. The number of likely N-dealkylation sites (tertiary alicyclic amines) is 2. The Morgan fingerprint density at radius 3 is 2.60 bits per heavy atom. The van der Waals surface area contributed by atoms with Gasteiger partial charge >= 0.3 is 12.0 Å². The van der Waals surface area contributed by atoms with Gasteiger partial charge in [-0.25, -0.2) is 9.59 Å². The number of nitrogens with zero attached hydrogens (tertiary/aromatic N) is 2. The van der Waals surface area contributed by atoms with Gasteiger partial charge in [-0.15, -0.1) is 0 Å². The summed E-state index contributed by atoms with van der Waals surface area (Å²) in [5.41, 5.74) is -1.05. The number of carbonyl (C=O) groups excluding carboxylic acids is 1. The minimum atomic E-state index is -1.05. The molecular formula is C15H26N2O3. The summed E-state index contributed by atoms with van der Waals surface area (Å²) in [6.07, 6.45) is 5.30. The van der Waals surface area contributed by atoms with Gasteiger partial charge in [0, 0.05) is 18.6 Å². The van der Waals surface area contributed by atoms with Crippen LogP contribution >= 0.6 is 0 Å². The number of carboxylic acids is 1. The van der Waals surface area contributed by atoms with Gasteiger partial charge in [-0.2, -0.15) is 0 Å². The average molecular weight is 282 g/mol. The molecule has 3 atom stereocenters. The van der Waals surface area contributed by atoms with Crippen LogP contribution in [0.15, 0.2) is 0 Å². The van der Waals surface area contributed by atoms with Gasteiger partial charge in [-0.3, -0.25) is 0 Å². The second-order valence-corrected chi connectivity index (χ2v) is 6.37. The van der Waals surface area contributed by atoms with Crippen LogP contribution in [0.25, 0.3) is 0 Å². The van der Waals surface area contributed by atoms with Crippen molar-refractivity contribution in [2.75, 3.05) is 6.54 Å². The first-order chi connectivity index (χ1) is 9.41. The number of urea groups is 1. The molecule has 0 aromatic heterocycles. The smallest absolute Gasteiger partial charge is 0.329 e. The summed E-state index contributed by atoms with van der Waals surface area (Å²) in [6, 6.07) is 0.399. The summed E-state index contributed by atoms with van der Waals surface area (Å²) in [7, 11) is 0. The summed E-state index contributed by atoms with van der Waals surface area (Å²) >= 11 is 0. The molecule has 0 aromatic carbocycles. The summed E-state index contributed by atoms with van der Waals surface area (Å²) < 4.78 is 0. The van der Waals surface area contributed by atoms with Crippen molar-refractivity contribution in [2.24, 2.45) is 0 Å². The topological polar surface area (TPSA) is 60.9 Å². The largest absolute Gasteiger partial charge is 0.480 e. The van der Waals surface area contributed by atoms with E-state index in [9.17, 15) is 14.7 Å². The maximum Gasteiger partial charge on any atom is 0.329 e. The number of carbonyl (C=O) groups is 2. The van der Waals surface area contributed by atoms with Crippen LogP contribution in [0.1, 0.15) is 59.3 Å². The molecule has 2 heterocycles. The van der Waals surface area contributed by atoms with Gasteiger partial charge in [0.15, 0.2) is 0 Å². The maximum atomic E-state index is 12.9. The predicted octanol–water partition coefficient (Wildman–Crippen LogP) is 2.70. The second-order valence-electron chi connectivity index (χ2n) is 6.37. The van der Waals surface area contributed by atoms with Crippen molar-refractivity contribution in [3.8, 4) is 0 Å². The minimum absolute atomic E-state index is 0.0774. The first kappa shape index (κ1) is 15.1. The minimum Gasteiger partial charge on any atom is -0.480 e. The Bertz CT molecular complexity index is 399. The van der Waals surface area contributed by atoms with E-state index in [1.165, 1.54) is 0 Å². The van der Waals surface area contributed by atoms with Crippen molar-refractivity contribution in [1.29, 1.82) is 0 Å². The molecular weight excluding hydrogens is 256 g/mol. The van der Waals surface area contributed by atoms with E-state index < -0.39 is 11.5 Å². The molecule has 2 amide bonds. The van der Waals surface area contributed by atoms with Crippen molar-refractivity contribution in [3.05, 3.63) is 0 Å². The highest BCUT2D eigenvalue weighted by atomic mass is 16.4. The third-order valence-electron chi connectivity index (χ3n) is 5.06. The third kappa shape index (κ3) is 2.38. The van der Waals surface area contributed by atoms with Crippen molar-refractivity contribution in [2.45, 2.75) is 76.9 Å². The monoisotopic (exact) mass is 282 g/mol. The van der Waals surface area contributed by atoms with E-state index in [4.69, 9.17) is 0 Å². The molecule has 2 aliphatic rings. The Kier molecular flexibility index (Phi) is 4.25. The quantitative estimate of drug-likeness (QED) is 0.847. The number of amides is 2.